The van der Waals surface area contributed by atoms with E-state index in [1.54, 1.807) is 6.20 Å². The van der Waals surface area contributed by atoms with Gasteiger partial charge in [-0.15, -0.1) is 0 Å². The standard InChI is InChI=1S/C14H21N3O2/c18-14(17-13-5-9-19-10-6-13)16-8-2-4-12-3-1-7-15-11-12/h1,3,7,11,13H,2,4-6,8-10H2,(H2,16,17,18). The number of aryl methyl sites for hydroxylation is 1. The maximum Gasteiger partial charge on any atom is 0.315 e. The first-order valence-electron chi connectivity index (χ1n) is 6.85. The topological polar surface area (TPSA) is 63.2 Å². The van der Waals surface area contributed by atoms with Crippen molar-refractivity contribution in [1.29, 1.82) is 0 Å². The Bertz CT molecular complexity index is 378. The van der Waals surface area contributed by atoms with Crippen LogP contribution in [0.5, 0.6) is 0 Å². The third-order valence-electron chi connectivity index (χ3n) is 3.21. The molecule has 0 atom stereocenters. The minimum absolute atomic E-state index is 0.0712. The Balaban J connectivity index is 1.56. The fourth-order valence-electron chi connectivity index (χ4n) is 2.12. The summed E-state index contributed by atoms with van der Waals surface area (Å²) in [6.45, 7) is 2.17. The third-order valence-corrected chi connectivity index (χ3v) is 3.21. The highest BCUT2D eigenvalue weighted by Crippen LogP contribution is 2.05. The van der Waals surface area contributed by atoms with Gasteiger partial charge in [0.2, 0.25) is 0 Å². The van der Waals surface area contributed by atoms with Crippen molar-refractivity contribution in [2.24, 2.45) is 0 Å². The minimum atomic E-state index is -0.0712. The Morgan fingerprint density at radius 2 is 2.26 bits per heavy atom. The van der Waals surface area contributed by atoms with Crippen LogP contribution in [-0.4, -0.2) is 36.8 Å². The van der Waals surface area contributed by atoms with Crippen molar-refractivity contribution in [3.05, 3.63) is 30.1 Å². The number of aromatic nitrogens is 1. The van der Waals surface area contributed by atoms with E-state index in [0.29, 0.717) is 6.54 Å². The monoisotopic (exact) mass is 263 g/mol. The van der Waals surface area contributed by atoms with Gasteiger partial charge in [-0.1, -0.05) is 6.07 Å². The summed E-state index contributed by atoms with van der Waals surface area (Å²) in [4.78, 5) is 15.7. The van der Waals surface area contributed by atoms with Crippen molar-refractivity contribution in [2.75, 3.05) is 19.8 Å². The quantitative estimate of drug-likeness (QED) is 0.791. The lowest BCUT2D eigenvalue weighted by molar-refractivity contribution is 0.0801. The lowest BCUT2D eigenvalue weighted by Crippen LogP contribution is -2.44. The van der Waals surface area contributed by atoms with Crippen LogP contribution in [0, 0.1) is 0 Å². The van der Waals surface area contributed by atoms with Crippen molar-refractivity contribution in [1.82, 2.24) is 15.6 Å². The summed E-state index contributed by atoms with van der Waals surface area (Å²) < 4.78 is 5.25. The van der Waals surface area contributed by atoms with E-state index >= 15 is 0 Å². The zero-order chi connectivity index (χ0) is 13.3. The Kier molecular flexibility index (Phi) is 5.62. The normalized spacial score (nSPS) is 16.0. The number of rotatable bonds is 5. The summed E-state index contributed by atoms with van der Waals surface area (Å²) in [5, 5.41) is 5.86. The van der Waals surface area contributed by atoms with Crippen molar-refractivity contribution >= 4 is 6.03 Å². The number of pyridine rings is 1. The van der Waals surface area contributed by atoms with Crippen LogP contribution in [0.4, 0.5) is 4.79 Å². The fourth-order valence-corrected chi connectivity index (χ4v) is 2.12. The molecule has 0 spiro atoms. The molecule has 1 aliphatic rings. The van der Waals surface area contributed by atoms with E-state index in [2.05, 4.69) is 21.7 Å². The number of carbonyl (C=O) groups excluding carboxylic acids is 1. The van der Waals surface area contributed by atoms with E-state index in [-0.39, 0.29) is 12.1 Å². The maximum absolute atomic E-state index is 11.6. The number of carbonyl (C=O) groups is 1. The molecule has 2 rings (SSSR count). The molecule has 0 radical (unpaired) electrons. The zero-order valence-electron chi connectivity index (χ0n) is 11.1. The van der Waals surface area contributed by atoms with Gasteiger partial charge in [-0.2, -0.15) is 0 Å². The van der Waals surface area contributed by atoms with Crippen LogP contribution in [0.15, 0.2) is 24.5 Å². The molecule has 0 aliphatic carbocycles. The first-order valence-corrected chi connectivity index (χ1v) is 6.85. The summed E-state index contributed by atoms with van der Waals surface area (Å²) in [5.74, 6) is 0. The van der Waals surface area contributed by atoms with Gasteiger partial charge in [-0.25, -0.2) is 4.79 Å². The first-order chi connectivity index (χ1) is 9.34. The summed E-state index contributed by atoms with van der Waals surface area (Å²) >= 11 is 0. The van der Waals surface area contributed by atoms with E-state index in [1.807, 2.05) is 12.3 Å². The molecule has 1 aliphatic heterocycles. The highest BCUT2D eigenvalue weighted by atomic mass is 16.5. The van der Waals surface area contributed by atoms with Crippen LogP contribution in [-0.2, 0) is 11.2 Å². The lowest BCUT2D eigenvalue weighted by Gasteiger charge is -2.23. The van der Waals surface area contributed by atoms with E-state index in [1.165, 1.54) is 5.56 Å². The van der Waals surface area contributed by atoms with E-state index in [9.17, 15) is 4.79 Å². The number of nitrogens with one attached hydrogen (secondary N) is 2. The summed E-state index contributed by atoms with van der Waals surface area (Å²) in [6, 6.07) is 4.17. The Hall–Kier alpha value is -1.62. The van der Waals surface area contributed by atoms with Crippen molar-refractivity contribution < 1.29 is 9.53 Å². The molecule has 2 amide bonds. The van der Waals surface area contributed by atoms with Gasteiger partial charge in [-0.05, 0) is 37.3 Å². The molecule has 2 N–H and O–H groups in total. The molecule has 0 aromatic carbocycles. The smallest absolute Gasteiger partial charge is 0.315 e. The third kappa shape index (κ3) is 5.26. The molecule has 1 aromatic rings. The molecule has 0 unspecified atom stereocenters. The van der Waals surface area contributed by atoms with Crippen molar-refractivity contribution in [3.63, 3.8) is 0 Å². The highest BCUT2D eigenvalue weighted by molar-refractivity contribution is 5.74. The van der Waals surface area contributed by atoms with Gasteiger partial charge in [0.1, 0.15) is 0 Å². The molecule has 0 saturated carbocycles. The predicted molar refractivity (Wildman–Crippen MR) is 72.9 cm³/mol. The largest absolute Gasteiger partial charge is 0.381 e. The Morgan fingerprint density at radius 1 is 1.42 bits per heavy atom. The second-order valence-corrected chi connectivity index (χ2v) is 4.75. The Morgan fingerprint density at radius 3 is 3.00 bits per heavy atom. The molecule has 1 saturated heterocycles. The number of ether oxygens (including phenoxy) is 1. The van der Waals surface area contributed by atoms with Gasteiger partial charge < -0.3 is 15.4 Å². The average molecular weight is 263 g/mol. The van der Waals surface area contributed by atoms with E-state index < -0.39 is 0 Å². The molecule has 2 heterocycles. The van der Waals surface area contributed by atoms with E-state index in [0.717, 1.165) is 38.9 Å². The molecule has 5 heteroatoms. The number of amides is 2. The SMILES string of the molecule is O=C(NCCCc1cccnc1)NC1CCOCC1. The van der Waals surface area contributed by atoms with Crippen LogP contribution in [0.2, 0.25) is 0 Å². The second-order valence-electron chi connectivity index (χ2n) is 4.75. The van der Waals surface area contributed by atoms with Crippen molar-refractivity contribution in [2.45, 2.75) is 31.7 Å². The molecule has 0 bridgehead atoms. The minimum Gasteiger partial charge on any atom is -0.381 e. The van der Waals surface area contributed by atoms with Gasteiger partial charge in [0.15, 0.2) is 0 Å². The summed E-state index contributed by atoms with van der Waals surface area (Å²) in [5.41, 5.74) is 1.20. The number of nitrogens with zero attached hydrogens (tertiary/aromatic N) is 1. The van der Waals surface area contributed by atoms with Crippen LogP contribution in [0.3, 0.4) is 0 Å². The van der Waals surface area contributed by atoms with Crippen LogP contribution >= 0.6 is 0 Å². The molecule has 1 aromatic heterocycles. The van der Waals surface area contributed by atoms with Gasteiger partial charge >= 0.3 is 6.03 Å². The van der Waals surface area contributed by atoms with E-state index in [4.69, 9.17) is 4.74 Å². The Labute approximate surface area is 113 Å². The number of hydrogen-bond acceptors (Lipinski definition) is 3. The molecular weight excluding hydrogens is 242 g/mol. The number of urea groups is 1. The van der Waals surface area contributed by atoms with Gasteiger partial charge in [0.25, 0.3) is 0 Å². The zero-order valence-corrected chi connectivity index (χ0v) is 11.1. The van der Waals surface area contributed by atoms with Crippen molar-refractivity contribution in [3.8, 4) is 0 Å². The molecule has 1 fully saturated rings. The second kappa shape index (κ2) is 7.74. The molecule has 104 valence electrons. The van der Waals surface area contributed by atoms with Crippen LogP contribution in [0.1, 0.15) is 24.8 Å². The lowest BCUT2D eigenvalue weighted by atomic mass is 10.1. The molecule has 19 heavy (non-hydrogen) atoms. The summed E-state index contributed by atoms with van der Waals surface area (Å²) in [7, 11) is 0. The van der Waals surface area contributed by atoms with Crippen LogP contribution in [0.25, 0.3) is 0 Å². The van der Waals surface area contributed by atoms with Crippen LogP contribution < -0.4 is 10.6 Å². The number of hydrogen-bond donors (Lipinski definition) is 2. The maximum atomic E-state index is 11.6. The van der Waals surface area contributed by atoms with Gasteiger partial charge in [0.05, 0.1) is 0 Å². The van der Waals surface area contributed by atoms with Gasteiger partial charge in [0, 0.05) is 38.2 Å². The summed E-state index contributed by atoms with van der Waals surface area (Å²) in [6.07, 6.45) is 7.30. The first kappa shape index (κ1) is 13.8. The fraction of sp³-hybridized carbons (Fsp3) is 0.571. The molecular formula is C14H21N3O2. The van der Waals surface area contributed by atoms with Gasteiger partial charge in [-0.3, -0.25) is 4.98 Å². The average Bonchev–Trinajstić information content (AvgIpc) is 2.46. The molecule has 5 nitrogen and oxygen atoms in total. The predicted octanol–water partition coefficient (Wildman–Crippen LogP) is 1.49. The highest BCUT2D eigenvalue weighted by Gasteiger charge is 2.15.